The number of nitrogens with one attached hydrogen (secondary N) is 1. The number of imidazole rings is 1. The quantitative estimate of drug-likeness (QED) is 0.830. The van der Waals surface area contributed by atoms with E-state index in [9.17, 15) is 0 Å². The molecule has 2 heterocycles. The molecule has 5 heteroatoms. The summed E-state index contributed by atoms with van der Waals surface area (Å²) in [5, 5.41) is 1.75. The fourth-order valence-corrected chi connectivity index (χ4v) is 1.81. The van der Waals surface area contributed by atoms with Gasteiger partial charge in [0.25, 0.3) is 0 Å². The zero-order chi connectivity index (χ0) is 10.7. The Labute approximate surface area is 92.3 Å². The van der Waals surface area contributed by atoms with E-state index in [0.29, 0.717) is 0 Å². The Balaban J connectivity index is 2.11. The lowest BCUT2D eigenvalue weighted by Crippen LogP contribution is -2.04. The van der Waals surface area contributed by atoms with Crippen molar-refractivity contribution < 1.29 is 0 Å². The number of nitrogens with zero attached hydrogens (tertiary/aromatic N) is 2. The Hall–Kier alpha value is -1.33. The van der Waals surface area contributed by atoms with E-state index in [2.05, 4.69) is 15.0 Å². The largest absolute Gasteiger partial charge is 0.339 e. The molecule has 0 aliphatic heterocycles. The van der Waals surface area contributed by atoms with Gasteiger partial charge in [0.05, 0.1) is 0 Å². The first-order chi connectivity index (χ1) is 7.25. The van der Waals surface area contributed by atoms with Crippen molar-refractivity contribution in [2.24, 2.45) is 5.73 Å². The van der Waals surface area contributed by atoms with Crippen molar-refractivity contribution in [3.8, 4) is 0 Å². The topological polar surface area (TPSA) is 67.6 Å². The first-order valence-electron chi connectivity index (χ1n) is 4.64. The van der Waals surface area contributed by atoms with Crippen LogP contribution in [0.15, 0.2) is 40.9 Å². The molecule has 15 heavy (non-hydrogen) atoms. The van der Waals surface area contributed by atoms with Crippen molar-refractivity contribution in [3.05, 3.63) is 36.3 Å². The van der Waals surface area contributed by atoms with Crippen molar-refractivity contribution in [2.75, 3.05) is 0 Å². The minimum atomic E-state index is 0.0279. The second-order valence-corrected chi connectivity index (χ2v) is 4.22. The Morgan fingerprint density at radius 3 is 2.80 bits per heavy atom. The summed E-state index contributed by atoms with van der Waals surface area (Å²) in [4.78, 5) is 11.4. The lowest BCUT2D eigenvalue weighted by molar-refractivity contribution is 0.806. The highest BCUT2D eigenvalue weighted by Gasteiger charge is 2.02. The zero-order valence-electron chi connectivity index (χ0n) is 8.34. The zero-order valence-corrected chi connectivity index (χ0v) is 9.16. The van der Waals surface area contributed by atoms with Gasteiger partial charge in [-0.05, 0) is 30.3 Å². The predicted molar refractivity (Wildman–Crippen MR) is 59.6 cm³/mol. The lowest BCUT2D eigenvalue weighted by atomic mass is 10.2. The molecule has 3 N–H and O–H groups in total. The summed E-state index contributed by atoms with van der Waals surface area (Å²) in [5.74, 6) is 0. The maximum absolute atomic E-state index is 5.73. The van der Waals surface area contributed by atoms with E-state index < -0.39 is 0 Å². The van der Waals surface area contributed by atoms with Gasteiger partial charge in [0.1, 0.15) is 5.03 Å². The Bertz CT molecular complexity index is 407. The van der Waals surface area contributed by atoms with Gasteiger partial charge < -0.3 is 10.7 Å². The van der Waals surface area contributed by atoms with Crippen LogP contribution in [0.4, 0.5) is 0 Å². The third kappa shape index (κ3) is 2.57. The first-order valence-corrected chi connectivity index (χ1v) is 5.46. The van der Waals surface area contributed by atoms with Crippen LogP contribution in [0.3, 0.4) is 0 Å². The van der Waals surface area contributed by atoms with E-state index >= 15 is 0 Å². The molecule has 0 spiro atoms. The van der Waals surface area contributed by atoms with E-state index in [1.54, 1.807) is 18.6 Å². The molecule has 0 saturated carbocycles. The van der Waals surface area contributed by atoms with Crippen LogP contribution in [0.25, 0.3) is 0 Å². The Morgan fingerprint density at radius 2 is 2.27 bits per heavy atom. The number of hydrogen-bond donors (Lipinski definition) is 2. The van der Waals surface area contributed by atoms with Gasteiger partial charge >= 0.3 is 0 Å². The summed E-state index contributed by atoms with van der Waals surface area (Å²) < 4.78 is 0. The molecule has 0 aliphatic carbocycles. The molecule has 0 bridgehead atoms. The third-order valence-electron chi connectivity index (χ3n) is 1.96. The number of aromatic nitrogens is 3. The Morgan fingerprint density at radius 1 is 1.40 bits per heavy atom. The first kappa shape index (κ1) is 10.2. The smallest absolute Gasteiger partial charge is 0.171 e. The van der Waals surface area contributed by atoms with Crippen molar-refractivity contribution >= 4 is 11.8 Å². The molecule has 0 fully saturated rings. The fraction of sp³-hybridized carbons (Fsp3) is 0.200. The van der Waals surface area contributed by atoms with Crippen LogP contribution < -0.4 is 5.73 Å². The van der Waals surface area contributed by atoms with Crippen LogP contribution in [-0.4, -0.2) is 15.0 Å². The second-order valence-electron chi connectivity index (χ2n) is 3.21. The van der Waals surface area contributed by atoms with Crippen molar-refractivity contribution in [1.82, 2.24) is 15.0 Å². The van der Waals surface area contributed by atoms with Crippen LogP contribution in [0.5, 0.6) is 0 Å². The number of H-pyrrole nitrogens is 1. The van der Waals surface area contributed by atoms with Crippen LogP contribution in [0.2, 0.25) is 0 Å². The molecule has 0 saturated heterocycles. The van der Waals surface area contributed by atoms with Gasteiger partial charge in [-0.3, -0.25) is 0 Å². The molecule has 2 aromatic rings. The number of rotatable bonds is 3. The highest BCUT2D eigenvalue weighted by molar-refractivity contribution is 7.99. The van der Waals surface area contributed by atoms with Crippen LogP contribution in [0, 0.1) is 0 Å². The van der Waals surface area contributed by atoms with Gasteiger partial charge in [0, 0.05) is 24.6 Å². The predicted octanol–water partition coefficient (Wildman–Crippen LogP) is 1.98. The number of nitrogens with two attached hydrogens (primary N) is 1. The summed E-state index contributed by atoms with van der Waals surface area (Å²) in [5.41, 5.74) is 6.78. The summed E-state index contributed by atoms with van der Waals surface area (Å²) in [6.45, 7) is 1.94. The molecular weight excluding hydrogens is 208 g/mol. The maximum Gasteiger partial charge on any atom is 0.171 e. The molecule has 0 aliphatic rings. The lowest BCUT2D eigenvalue weighted by Gasteiger charge is -2.04. The number of aromatic amines is 1. The van der Waals surface area contributed by atoms with Crippen LogP contribution in [0.1, 0.15) is 18.5 Å². The molecule has 0 unspecified atom stereocenters. The van der Waals surface area contributed by atoms with Crippen LogP contribution in [-0.2, 0) is 0 Å². The summed E-state index contributed by atoms with van der Waals surface area (Å²) >= 11 is 1.50. The van der Waals surface area contributed by atoms with E-state index in [4.69, 9.17) is 5.73 Å². The summed E-state index contributed by atoms with van der Waals surface area (Å²) in [6, 6.07) is 3.97. The molecule has 2 rings (SSSR count). The van der Waals surface area contributed by atoms with E-state index in [0.717, 1.165) is 15.7 Å². The van der Waals surface area contributed by atoms with E-state index in [-0.39, 0.29) is 6.04 Å². The average Bonchev–Trinajstić information content (AvgIpc) is 2.71. The van der Waals surface area contributed by atoms with Gasteiger partial charge in [-0.25, -0.2) is 9.97 Å². The fourth-order valence-electron chi connectivity index (χ4n) is 1.13. The average molecular weight is 220 g/mol. The third-order valence-corrected chi connectivity index (χ3v) is 2.83. The minimum absolute atomic E-state index is 0.0279. The van der Waals surface area contributed by atoms with Crippen molar-refractivity contribution in [3.63, 3.8) is 0 Å². The number of hydrogen-bond acceptors (Lipinski definition) is 4. The molecule has 4 nitrogen and oxygen atoms in total. The highest BCUT2D eigenvalue weighted by atomic mass is 32.2. The molecule has 0 amide bonds. The molecular formula is C10H12N4S. The molecule has 0 radical (unpaired) electrons. The molecule has 1 atom stereocenters. The molecule has 78 valence electrons. The van der Waals surface area contributed by atoms with Gasteiger partial charge in [-0.1, -0.05) is 6.07 Å². The normalized spacial score (nSPS) is 12.7. The second kappa shape index (κ2) is 4.46. The minimum Gasteiger partial charge on any atom is -0.339 e. The molecule has 2 aromatic heterocycles. The monoisotopic (exact) mass is 220 g/mol. The van der Waals surface area contributed by atoms with Gasteiger partial charge in [0.15, 0.2) is 5.16 Å². The van der Waals surface area contributed by atoms with Crippen molar-refractivity contribution in [2.45, 2.75) is 23.1 Å². The molecule has 0 aromatic carbocycles. The summed E-state index contributed by atoms with van der Waals surface area (Å²) in [6.07, 6.45) is 5.31. The maximum atomic E-state index is 5.73. The Kier molecular flexibility index (Phi) is 3.03. The highest BCUT2D eigenvalue weighted by Crippen LogP contribution is 2.22. The van der Waals surface area contributed by atoms with E-state index in [1.807, 2.05) is 19.1 Å². The summed E-state index contributed by atoms with van der Waals surface area (Å²) in [7, 11) is 0. The SMILES string of the molecule is C[C@H](N)c1ccc(Sc2ncc[nH]2)nc1. The van der Waals surface area contributed by atoms with Crippen LogP contribution >= 0.6 is 11.8 Å². The standard InChI is InChI=1S/C10H12N4S/c1-7(11)8-2-3-9(14-6-8)15-10-12-4-5-13-10/h2-7H,11H2,1H3,(H,12,13)/t7-/m0/s1. The van der Waals surface area contributed by atoms with Gasteiger partial charge in [0.2, 0.25) is 0 Å². The van der Waals surface area contributed by atoms with E-state index in [1.165, 1.54) is 11.8 Å². The van der Waals surface area contributed by atoms with Gasteiger partial charge in [-0.15, -0.1) is 0 Å². The van der Waals surface area contributed by atoms with Gasteiger partial charge in [-0.2, -0.15) is 0 Å². The van der Waals surface area contributed by atoms with Crippen molar-refractivity contribution in [1.29, 1.82) is 0 Å². The number of pyridine rings is 1.